The maximum Gasteiger partial charge on any atom is 0.410 e. The van der Waals surface area contributed by atoms with Crippen molar-refractivity contribution in [3.63, 3.8) is 0 Å². The zero-order valence-corrected chi connectivity index (χ0v) is 37.2. The van der Waals surface area contributed by atoms with Gasteiger partial charge in [0.25, 0.3) is 0 Å². The molecule has 6 atom stereocenters. The summed E-state index contributed by atoms with van der Waals surface area (Å²) in [6.07, 6.45) is 10.1. The van der Waals surface area contributed by atoms with E-state index in [-0.39, 0.29) is 89.5 Å². The number of alkyl halides is 1. The lowest BCUT2D eigenvalue weighted by Crippen LogP contribution is -2.70. The minimum Gasteiger partial charge on any atom is -0.459 e. The van der Waals surface area contributed by atoms with E-state index in [2.05, 4.69) is 18.7 Å². The normalized spacial score (nSPS) is 23.1. The summed E-state index contributed by atoms with van der Waals surface area (Å²) in [4.78, 5) is 23.2. The summed E-state index contributed by atoms with van der Waals surface area (Å²) < 4.78 is 32.3. The molecule has 3 aliphatic rings. The van der Waals surface area contributed by atoms with Crippen molar-refractivity contribution in [3.8, 4) is 17.2 Å². The number of nitrogens with zero attached hydrogens (tertiary/aromatic N) is 2. The van der Waals surface area contributed by atoms with Crippen LogP contribution in [0.5, 0.6) is 17.2 Å². The molecule has 6 rings (SSSR count). The van der Waals surface area contributed by atoms with Crippen LogP contribution in [-0.2, 0) is 25.7 Å². The predicted molar refractivity (Wildman–Crippen MR) is 241 cm³/mol. The van der Waals surface area contributed by atoms with Crippen molar-refractivity contribution in [3.05, 3.63) is 108 Å². The van der Waals surface area contributed by atoms with Crippen LogP contribution in [0.1, 0.15) is 62.0 Å². The van der Waals surface area contributed by atoms with Crippen molar-refractivity contribution < 1.29 is 48.6 Å². The molecule has 1 fully saturated rings. The lowest BCUT2D eigenvalue weighted by atomic mass is 9.55. The van der Waals surface area contributed by atoms with Crippen LogP contribution in [0.4, 0.5) is 4.79 Å². The second kappa shape index (κ2) is 24.1. The molecule has 3 aromatic rings. The molecule has 14 heteroatoms. The SMILES string of the molecule is C=CCOC12Oc3ccc(Oc4ccc(SC)cc4)cc3C3C(CCCCO)C(CCCCO)C=C(C(=NOCc4ccccc4)CC1N(CCOCCO)C(=O)OCCCl)C32. The number of thioether (sulfide) groups is 1. The van der Waals surface area contributed by atoms with Gasteiger partial charge in [-0.2, -0.15) is 0 Å². The number of aliphatic hydroxyl groups excluding tert-OH is 3. The number of unbranched alkanes of at least 4 members (excludes halogenated alkanes) is 2. The van der Waals surface area contributed by atoms with Crippen molar-refractivity contribution >= 4 is 35.2 Å². The van der Waals surface area contributed by atoms with Gasteiger partial charge in [-0.1, -0.05) is 60.5 Å². The van der Waals surface area contributed by atoms with Crippen LogP contribution in [0, 0.1) is 17.8 Å². The van der Waals surface area contributed by atoms with Gasteiger partial charge in [-0.3, -0.25) is 4.90 Å². The largest absolute Gasteiger partial charge is 0.459 e. The minimum atomic E-state index is -1.49. The number of hydrogen-bond acceptors (Lipinski definition) is 12. The van der Waals surface area contributed by atoms with Crippen molar-refractivity contribution in [2.75, 3.05) is 64.9 Å². The number of benzene rings is 3. The second-order valence-corrected chi connectivity index (χ2v) is 16.9. The lowest BCUT2D eigenvalue weighted by molar-refractivity contribution is -0.256. The monoisotopic (exact) mass is 892 g/mol. The maximum absolute atomic E-state index is 14.3. The van der Waals surface area contributed by atoms with E-state index in [0.29, 0.717) is 35.8 Å². The number of ether oxygens (including phenoxy) is 5. The number of amides is 1. The molecule has 336 valence electrons. The van der Waals surface area contributed by atoms with E-state index >= 15 is 0 Å². The first kappa shape index (κ1) is 47.4. The van der Waals surface area contributed by atoms with Gasteiger partial charge in [-0.25, -0.2) is 4.79 Å². The smallest absolute Gasteiger partial charge is 0.410 e. The summed E-state index contributed by atoms with van der Waals surface area (Å²) in [6.45, 7) is 4.60. The molecule has 1 aliphatic heterocycles. The summed E-state index contributed by atoms with van der Waals surface area (Å²) in [5.74, 6) is -0.157. The maximum atomic E-state index is 14.3. The molecule has 2 aliphatic carbocycles. The van der Waals surface area contributed by atoms with E-state index in [1.807, 2.05) is 73.0 Å². The Balaban J connectivity index is 1.57. The summed E-state index contributed by atoms with van der Waals surface area (Å²) in [5, 5.41) is 34.3. The summed E-state index contributed by atoms with van der Waals surface area (Å²) >= 11 is 7.71. The van der Waals surface area contributed by atoms with Crippen LogP contribution >= 0.6 is 23.4 Å². The number of halogens is 1. The Morgan fingerprint density at radius 3 is 2.44 bits per heavy atom. The molecular formula is C48H61ClN2O10S. The number of allylic oxidation sites excluding steroid dienone is 1. The zero-order chi connectivity index (χ0) is 43.7. The van der Waals surface area contributed by atoms with Crippen molar-refractivity contribution in [2.24, 2.45) is 22.9 Å². The highest BCUT2D eigenvalue weighted by Crippen LogP contribution is 2.62. The van der Waals surface area contributed by atoms with Crippen LogP contribution < -0.4 is 9.47 Å². The molecule has 6 unspecified atom stereocenters. The first-order valence-corrected chi connectivity index (χ1v) is 23.4. The number of carbonyl (C=O) groups excluding carboxylic acids is 1. The van der Waals surface area contributed by atoms with E-state index in [9.17, 15) is 20.1 Å². The molecule has 0 bridgehead atoms. The molecule has 1 heterocycles. The van der Waals surface area contributed by atoms with E-state index in [0.717, 1.165) is 47.3 Å². The third kappa shape index (κ3) is 11.5. The van der Waals surface area contributed by atoms with Gasteiger partial charge in [0.1, 0.15) is 36.5 Å². The topological polar surface area (TPSA) is 149 Å². The molecule has 1 amide bonds. The average Bonchev–Trinajstić information content (AvgIpc) is 3.29. The third-order valence-corrected chi connectivity index (χ3v) is 12.7. The van der Waals surface area contributed by atoms with Gasteiger partial charge >= 0.3 is 6.09 Å². The van der Waals surface area contributed by atoms with Gasteiger partial charge in [0, 0.05) is 42.6 Å². The van der Waals surface area contributed by atoms with E-state index in [1.165, 1.54) is 0 Å². The van der Waals surface area contributed by atoms with E-state index in [1.54, 1.807) is 22.7 Å². The molecule has 62 heavy (non-hydrogen) atoms. The Hall–Kier alpha value is -4.08. The predicted octanol–water partition coefficient (Wildman–Crippen LogP) is 8.72. The van der Waals surface area contributed by atoms with Crippen molar-refractivity contribution in [1.29, 1.82) is 0 Å². The van der Waals surface area contributed by atoms with Gasteiger partial charge in [-0.15, -0.1) is 29.9 Å². The zero-order valence-electron chi connectivity index (χ0n) is 35.6. The van der Waals surface area contributed by atoms with Crippen LogP contribution in [0.2, 0.25) is 0 Å². The van der Waals surface area contributed by atoms with Crippen LogP contribution in [-0.4, -0.2) is 109 Å². The van der Waals surface area contributed by atoms with Gasteiger partial charge in [-0.05, 0) is 97.4 Å². The van der Waals surface area contributed by atoms with Gasteiger partial charge < -0.3 is 43.8 Å². The van der Waals surface area contributed by atoms with Crippen LogP contribution in [0.25, 0.3) is 0 Å². The minimum absolute atomic E-state index is 0.0190. The Morgan fingerprint density at radius 2 is 1.73 bits per heavy atom. The Morgan fingerprint density at radius 1 is 0.968 bits per heavy atom. The van der Waals surface area contributed by atoms with E-state index in [4.69, 9.17) is 45.3 Å². The lowest BCUT2D eigenvalue weighted by Gasteiger charge is -2.59. The van der Waals surface area contributed by atoms with Gasteiger partial charge in [0.15, 0.2) is 0 Å². The fourth-order valence-electron chi connectivity index (χ4n) is 9.16. The molecule has 3 aromatic carbocycles. The number of fused-ring (bicyclic) bond motifs is 2. The Bertz CT molecular complexity index is 1930. The van der Waals surface area contributed by atoms with Crippen LogP contribution in [0.15, 0.2) is 107 Å². The summed E-state index contributed by atoms with van der Waals surface area (Å²) in [5.41, 5.74) is 3.45. The highest BCUT2D eigenvalue weighted by molar-refractivity contribution is 7.98. The number of rotatable bonds is 25. The third-order valence-electron chi connectivity index (χ3n) is 11.8. The van der Waals surface area contributed by atoms with E-state index < -0.39 is 23.8 Å². The molecule has 0 spiro atoms. The number of hydrogen-bond donors (Lipinski definition) is 3. The highest BCUT2D eigenvalue weighted by Gasteiger charge is 2.65. The molecular weight excluding hydrogens is 832 g/mol. The first-order chi connectivity index (χ1) is 30.4. The fraction of sp³-hybridized carbons (Fsp3) is 0.500. The first-order valence-electron chi connectivity index (χ1n) is 21.6. The molecule has 0 saturated heterocycles. The van der Waals surface area contributed by atoms with Gasteiger partial charge in [0.2, 0.25) is 5.79 Å². The standard InChI is InChI=1S/C48H61ClN2O10S/c1-3-26-58-48-44(51(22-28-56-29-25-54)47(55)57-27-21-49)32-42(50-59-33-34-11-5-4-6-12-34)40-30-35(13-7-9-23-52)39(14-8-10-24-53)45(46(40)48)41-31-37(17-20-43(41)61-48)60-36-15-18-38(62-2)19-16-36/h3-6,11-12,15-20,30-31,35,39,44-46,52-54H,1,7-10,13-14,21-29,32-33H2,2H3. The molecule has 0 aromatic heterocycles. The fourth-order valence-corrected chi connectivity index (χ4v) is 9.65. The highest BCUT2D eigenvalue weighted by atomic mass is 35.5. The van der Waals surface area contributed by atoms with Crippen LogP contribution in [0.3, 0.4) is 0 Å². The molecule has 12 nitrogen and oxygen atoms in total. The summed E-state index contributed by atoms with van der Waals surface area (Å²) in [6, 6.07) is 22.8. The molecule has 1 saturated carbocycles. The number of oxime groups is 1. The Labute approximate surface area is 374 Å². The quantitative estimate of drug-likeness (QED) is 0.0247. The van der Waals surface area contributed by atoms with Crippen molar-refractivity contribution in [1.82, 2.24) is 4.90 Å². The van der Waals surface area contributed by atoms with Crippen molar-refractivity contribution in [2.45, 2.75) is 74.2 Å². The molecule has 0 radical (unpaired) electrons. The Kier molecular flexibility index (Phi) is 18.4. The molecule has 3 N–H and O–H groups in total. The average molecular weight is 894 g/mol. The second-order valence-electron chi connectivity index (χ2n) is 15.6. The number of aliphatic hydroxyl groups is 3. The summed E-state index contributed by atoms with van der Waals surface area (Å²) in [7, 11) is 0. The number of carbonyl (C=O) groups is 1. The van der Waals surface area contributed by atoms with Gasteiger partial charge in [0.05, 0.1) is 43.9 Å².